The smallest absolute Gasteiger partial charge is 0.103 e. The summed E-state index contributed by atoms with van der Waals surface area (Å²) in [5.41, 5.74) is 1.56. The van der Waals surface area contributed by atoms with Gasteiger partial charge in [0.2, 0.25) is 0 Å². The standard InChI is InChI=1S/C10H16N2O2/c1-10(2,13)9-7-5-3-4-6-8(7)12(14)11-9/h13-14H,3-6H2,1-2H3. The Labute approximate surface area is 83.1 Å². The van der Waals surface area contributed by atoms with Gasteiger partial charge >= 0.3 is 0 Å². The molecule has 1 aliphatic rings. The van der Waals surface area contributed by atoms with Crippen molar-refractivity contribution in [1.29, 1.82) is 0 Å². The lowest BCUT2D eigenvalue weighted by molar-refractivity contribution is 0.0651. The van der Waals surface area contributed by atoms with Gasteiger partial charge in [-0.3, -0.25) is 0 Å². The van der Waals surface area contributed by atoms with Crippen molar-refractivity contribution in [2.75, 3.05) is 0 Å². The van der Waals surface area contributed by atoms with Gasteiger partial charge in [-0.2, -0.15) is 0 Å². The van der Waals surface area contributed by atoms with Gasteiger partial charge in [-0.1, -0.05) is 0 Å². The highest BCUT2D eigenvalue weighted by molar-refractivity contribution is 5.31. The van der Waals surface area contributed by atoms with Crippen LogP contribution < -0.4 is 0 Å². The van der Waals surface area contributed by atoms with Gasteiger partial charge in [0.25, 0.3) is 0 Å². The van der Waals surface area contributed by atoms with Crippen LogP contribution in [0.4, 0.5) is 0 Å². The van der Waals surface area contributed by atoms with Gasteiger partial charge in [-0.25, -0.2) is 0 Å². The van der Waals surface area contributed by atoms with E-state index in [2.05, 4.69) is 5.10 Å². The quantitative estimate of drug-likeness (QED) is 0.664. The first-order chi connectivity index (χ1) is 6.50. The molecule has 78 valence electrons. The first kappa shape index (κ1) is 9.52. The van der Waals surface area contributed by atoms with Crippen molar-refractivity contribution in [2.45, 2.75) is 45.1 Å². The lowest BCUT2D eigenvalue weighted by Crippen LogP contribution is -2.19. The summed E-state index contributed by atoms with van der Waals surface area (Å²) in [7, 11) is 0. The van der Waals surface area contributed by atoms with Crippen LogP contribution in [-0.2, 0) is 18.4 Å². The summed E-state index contributed by atoms with van der Waals surface area (Å²) in [4.78, 5) is 0.932. The van der Waals surface area contributed by atoms with E-state index in [0.717, 1.165) is 41.8 Å². The molecule has 0 aromatic carbocycles. The second-order valence-electron chi connectivity index (χ2n) is 4.43. The molecule has 0 bridgehead atoms. The molecule has 4 nitrogen and oxygen atoms in total. The summed E-state index contributed by atoms with van der Waals surface area (Å²) in [6.07, 6.45) is 3.97. The molecular formula is C10H16N2O2. The first-order valence-corrected chi connectivity index (χ1v) is 5.03. The van der Waals surface area contributed by atoms with E-state index in [1.54, 1.807) is 13.8 Å². The van der Waals surface area contributed by atoms with E-state index in [9.17, 15) is 10.3 Å². The van der Waals surface area contributed by atoms with Crippen molar-refractivity contribution in [3.8, 4) is 0 Å². The third-order valence-electron chi connectivity index (χ3n) is 2.74. The highest BCUT2D eigenvalue weighted by Gasteiger charge is 2.29. The minimum absolute atomic E-state index is 0.620. The Morgan fingerprint density at radius 2 is 1.93 bits per heavy atom. The van der Waals surface area contributed by atoms with Gasteiger partial charge in [-0.15, -0.1) is 9.94 Å². The van der Waals surface area contributed by atoms with Crippen LogP contribution in [0, 0.1) is 0 Å². The lowest BCUT2D eigenvalue weighted by atomic mass is 9.91. The maximum absolute atomic E-state index is 9.87. The fourth-order valence-electron chi connectivity index (χ4n) is 2.07. The summed E-state index contributed by atoms with van der Waals surface area (Å²) in [6, 6.07) is 0. The fourth-order valence-corrected chi connectivity index (χ4v) is 2.07. The second-order valence-corrected chi connectivity index (χ2v) is 4.43. The molecule has 2 rings (SSSR count). The predicted octanol–water partition coefficient (Wildman–Crippen LogP) is 1.23. The van der Waals surface area contributed by atoms with Crippen LogP contribution in [0.3, 0.4) is 0 Å². The van der Waals surface area contributed by atoms with E-state index in [1.165, 1.54) is 0 Å². The number of aliphatic hydroxyl groups is 1. The van der Waals surface area contributed by atoms with E-state index in [-0.39, 0.29) is 0 Å². The number of hydrogen-bond acceptors (Lipinski definition) is 3. The molecule has 0 unspecified atom stereocenters. The number of hydrogen-bond donors (Lipinski definition) is 2. The van der Waals surface area contributed by atoms with Gasteiger partial charge in [0, 0.05) is 5.56 Å². The second kappa shape index (κ2) is 2.98. The molecule has 0 fully saturated rings. The number of nitrogens with zero attached hydrogens (tertiary/aromatic N) is 2. The predicted molar refractivity (Wildman–Crippen MR) is 51.3 cm³/mol. The summed E-state index contributed by atoms with van der Waals surface area (Å²) >= 11 is 0. The third kappa shape index (κ3) is 1.39. The Hall–Kier alpha value is -1.03. The molecular weight excluding hydrogens is 180 g/mol. The van der Waals surface area contributed by atoms with Gasteiger partial charge in [0.05, 0.1) is 5.69 Å². The molecule has 1 aliphatic carbocycles. The topological polar surface area (TPSA) is 58.3 Å². The molecule has 0 atom stereocenters. The van der Waals surface area contributed by atoms with Crippen LogP contribution in [0.15, 0.2) is 0 Å². The normalized spacial score (nSPS) is 16.8. The molecule has 0 radical (unpaired) electrons. The summed E-state index contributed by atoms with van der Waals surface area (Å²) in [5.74, 6) is 0. The zero-order valence-electron chi connectivity index (χ0n) is 8.62. The van der Waals surface area contributed by atoms with E-state index >= 15 is 0 Å². The highest BCUT2D eigenvalue weighted by Crippen LogP contribution is 2.29. The van der Waals surface area contributed by atoms with Crippen LogP contribution in [0.25, 0.3) is 0 Å². The highest BCUT2D eigenvalue weighted by atomic mass is 16.5. The molecule has 1 aromatic heterocycles. The van der Waals surface area contributed by atoms with Crippen molar-refractivity contribution in [3.05, 3.63) is 17.0 Å². The molecule has 0 spiro atoms. The molecule has 1 heterocycles. The minimum atomic E-state index is -0.963. The minimum Gasteiger partial charge on any atom is -0.411 e. The van der Waals surface area contributed by atoms with Crippen LogP contribution >= 0.6 is 0 Å². The Bertz CT molecular complexity index is 350. The SMILES string of the molecule is CC(C)(O)c1nn(O)c2c1CCCC2. The van der Waals surface area contributed by atoms with Gasteiger partial charge in [-0.05, 0) is 39.5 Å². The third-order valence-corrected chi connectivity index (χ3v) is 2.74. The summed E-state index contributed by atoms with van der Waals surface area (Å²) in [5, 5.41) is 23.4. The Morgan fingerprint density at radius 3 is 2.57 bits per heavy atom. The Balaban J connectivity index is 2.52. The molecule has 0 amide bonds. The lowest BCUT2D eigenvalue weighted by Gasteiger charge is -2.18. The molecule has 1 aromatic rings. The summed E-state index contributed by atoms with van der Waals surface area (Å²) < 4.78 is 0. The van der Waals surface area contributed by atoms with Gasteiger partial charge < -0.3 is 10.3 Å². The number of aromatic nitrogens is 2. The first-order valence-electron chi connectivity index (χ1n) is 5.03. The van der Waals surface area contributed by atoms with Crippen LogP contribution in [0.5, 0.6) is 0 Å². The average Bonchev–Trinajstić information content (AvgIpc) is 2.44. The van der Waals surface area contributed by atoms with E-state index in [1.807, 2.05) is 0 Å². The van der Waals surface area contributed by atoms with Crippen LogP contribution in [0.1, 0.15) is 43.6 Å². The molecule has 0 aliphatic heterocycles. The Morgan fingerprint density at radius 1 is 1.29 bits per heavy atom. The van der Waals surface area contributed by atoms with Crippen molar-refractivity contribution in [1.82, 2.24) is 9.94 Å². The van der Waals surface area contributed by atoms with Crippen LogP contribution in [-0.4, -0.2) is 20.3 Å². The van der Waals surface area contributed by atoms with Gasteiger partial charge in [0.1, 0.15) is 11.3 Å². The van der Waals surface area contributed by atoms with Crippen molar-refractivity contribution in [3.63, 3.8) is 0 Å². The molecule has 0 saturated heterocycles. The number of rotatable bonds is 1. The molecule has 2 N–H and O–H groups in total. The monoisotopic (exact) mass is 196 g/mol. The maximum Gasteiger partial charge on any atom is 0.103 e. The van der Waals surface area contributed by atoms with E-state index < -0.39 is 5.60 Å². The number of fused-ring (bicyclic) bond motifs is 1. The van der Waals surface area contributed by atoms with Crippen molar-refractivity contribution < 1.29 is 10.3 Å². The largest absolute Gasteiger partial charge is 0.411 e. The molecule has 14 heavy (non-hydrogen) atoms. The van der Waals surface area contributed by atoms with Crippen molar-refractivity contribution in [2.24, 2.45) is 0 Å². The summed E-state index contributed by atoms with van der Waals surface area (Å²) in [6.45, 7) is 3.40. The van der Waals surface area contributed by atoms with Gasteiger partial charge in [0.15, 0.2) is 0 Å². The van der Waals surface area contributed by atoms with Crippen molar-refractivity contribution >= 4 is 0 Å². The van der Waals surface area contributed by atoms with E-state index in [4.69, 9.17) is 0 Å². The van der Waals surface area contributed by atoms with E-state index in [0.29, 0.717) is 5.69 Å². The average molecular weight is 196 g/mol. The maximum atomic E-state index is 9.87. The molecule has 0 saturated carbocycles. The zero-order chi connectivity index (χ0) is 10.3. The fraction of sp³-hybridized carbons (Fsp3) is 0.700. The molecule has 4 heteroatoms. The Kier molecular flexibility index (Phi) is 2.03. The zero-order valence-corrected chi connectivity index (χ0v) is 8.62. The van der Waals surface area contributed by atoms with Crippen LogP contribution in [0.2, 0.25) is 0 Å².